The molecular formula is C25H34Cl3N5O3. The summed E-state index contributed by atoms with van der Waals surface area (Å²) in [5.74, 6) is 0.623. The average Bonchev–Trinajstić information content (AvgIpc) is 3.11. The van der Waals surface area contributed by atoms with Crippen LogP contribution in [0.2, 0.25) is 0 Å². The summed E-state index contributed by atoms with van der Waals surface area (Å²) in [4.78, 5) is 34.2. The van der Waals surface area contributed by atoms with E-state index in [2.05, 4.69) is 27.8 Å². The molecule has 2 aromatic heterocycles. The van der Waals surface area contributed by atoms with Gasteiger partial charge < -0.3 is 9.64 Å². The van der Waals surface area contributed by atoms with Crippen LogP contribution in [-0.4, -0.2) is 65.1 Å². The summed E-state index contributed by atoms with van der Waals surface area (Å²) >= 11 is 0. The van der Waals surface area contributed by atoms with Crippen molar-refractivity contribution in [3.63, 3.8) is 0 Å². The molecule has 8 nitrogen and oxygen atoms in total. The molecule has 198 valence electrons. The molecule has 0 amide bonds. The van der Waals surface area contributed by atoms with Gasteiger partial charge in [-0.2, -0.15) is 0 Å². The van der Waals surface area contributed by atoms with Gasteiger partial charge >= 0.3 is 5.97 Å². The predicted octanol–water partition coefficient (Wildman–Crippen LogP) is 3.92. The van der Waals surface area contributed by atoms with Crippen molar-refractivity contribution in [3.8, 4) is 5.69 Å². The minimum Gasteiger partial charge on any atom is -0.465 e. The number of piperazine rings is 1. The smallest absolute Gasteiger partial charge is 0.340 e. The molecule has 0 N–H and O–H groups in total. The molecule has 1 aliphatic heterocycles. The van der Waals surface area contributed by atoms with Gasteiger partial charge in [0.1, 0.15) is 5.82 Å². The van der Waals surface area contributed by atoms with Crippen LogP contribution in [0, 0.1) is 13.8 Å². The van der Waals surface area contributed by atoms with Gasteiger partial charge in [0.15, 0.2) is 0 Å². The summed E-state index contributed by atoms with van der Waals surface area (Å²) in [6, 6.07) is 13.0. The van der Waals surface area contributed by atoms with E-state index in [0.29, 0.717) is 17.8 Å². The highest BCUT2D eigenvalue weighted by atomic mass is 35.5. The van der Waals surface area contributed by atoms with Crippen LogP contribution in [0.15, 0.2) is 53.5 Å². The molecule has 3 heterocycles. The number of aromatic nitrogens is 3. The fraction of sp³-hybridized carbons (Fsp3) is 0.400. The van der Waals surface area contributed by atoms with Gasteiger partial charge in [-0.3, -0.25) is 14.4 Å². The molecule has 0 unspecified atom stereocenters. The summed E-state index contributed by atoms with van der Waals surface area (Å²) < 4.78 is 8.48. The van der Waals surface area contributed by atoms with Gasteiger partial charge in [0.2, 0.25) is 0 Å². The summed E-state index contributed by atoms with van der Waals surface area (Å²) in [5.41, 5.74) is 3.04. The number of benzene rings is 1. The monoisotopic (exact) mass is 557 g/mol. The van der Waals surface area contributed by atoms with Crippen LogP contribution in [0.4, 0.5) is 5.82 Å². The highest BCUT2D eigenvalue weighted by Gasteiger charge is 2.20. The van der Waals surface area contributed by atoms with Crippen LogP contribution in [0.3, 0.4) is 0 Å². The number of rotatable bonds is 7. The van der Waals surface area contributed by atoms with Crippen LogP contribution in [0.1, 0.15) is 28.0 Å². The summed E-state index contributed by atoms with van der Waals surface area (Å²) in [6.07, 6.45) is 2.71. The summed E-state index contributed by atoms with van der Waals surface area (Å²) in [6.45, 7) is 9.27. The Balaban J connectivity index is 0.00000216. The number of aryl methyl sites for hydroxylation is 2. The second-order valence-electron chi connectivity index (χ2n) is 8.44. The number of esters is 1. The van der Waals surface area contributed by atoms with Gasteiger partial charge in [-0.1, -0.05) is 12.1 Å². The molecule has 0 bridgehead atoms. The molecular weight excluding hydrogens is 525 g/mol. The molecule has 1 aliphatic rings. The van der Waals surface area contributed by atoms with E-state index in [1.165, 1.54) is 12.7 Å². The normalized spacial score (nSPS) is 13.2. The SMILES string of the molecule is COC(=O)c1ccccc1-n1c(C)cc(=O)n1CCCN1CCN(c2cc(C)ccn2)CC1.Cl.Cl.Cl. The van der Waals surface area contributed by atoms with Crippen molar-refractivity contribution in [1.29, 1.82) is 0 Å². The number of methoxy groups -OCH3 is 1. The fourth-order valence-corrected chi connectivity index (χ4v) is 4.41. The Morgan fingerprint density at radius 3 is 2.33 bits per heavy atom. The van der Waals surface area contributed by atoms with Crippen LogP contribution in [0.5, 0.6) is 0 Å². The molecule has 3 aromatic rings. The van der Waals surface area contributed by atoms with E-state index in [9.17, 15) is 9.59 Å². The molecule has 0 atom stereocenters. The van der Waals surface area contributed by atoms with Gasteiger partial charge in [0, 0.05) is 57.2 Å². The second kappa shape index (κ2) is 14.3. The van der Waals surface area contributed by atoms with Crippen LogP contribution >= 0.6 is 37.2 Å². The molecule has 0 radical (unpaired) electrons. The number of halogens is 3. The Bertz CT molecular complexity index is 1190. The lowest BCUT2D eigenvalue weighted by Gasteiger charge is -2.35. The van der Waals surface area contributed by atoms with Crippen molar-refractivity contribution >= 4 is 49.0 Å². The van der Waals surface area contributed by atoms with Gasteiger partial charge in [0.25, 0.3) is 5.56 Å². The van der Waals surface area contributed by atoms with Crippen LogP contribution < -0.4 is 10.5 Å². The van der Waals surface area contributed by atoms with E-state index < -0.39 is 5.97 Å². The van der Waals surface area contributed by atoms with Crippen molar-refractivity contribution in [2.45, 2.75) is 26.8 Å². The first-order valence-corrected chi connectivity index (χ1v) is 11.3. The van der Waals surface area contributed by atoms with Crippen molar-refractivity contribution in [2.24, 2.45) is 0 Å². The first-order chi connectivity index (χ1) is 16.0. The largest absolute Gasteiger partial charge is 0.465 e. The molecule has 0 saturated carbocycles. The lowest BCUT2D eigenvalue weighted by atomic mass is 10.2. The number of anilines is 1. The summed E-state index contributed by atoms with van der Waals surface area (Å²) in [7, 11) is 1.36. The standard InChI is InChI=1S/C25H31N5O3.3ClH/c1-19-9-10-26-23(17-19)28-15-13-27(14-16-28)11-6-12-29-24(31)18-20(2)30(29)22-8-5-4-7-21(22)25(32)33-3;;;/h4-5,7-10,17-18H,6,11-16H2,1-3H3;3*1H. The number of pyridine rings is 1. The highest BCUT2D eigenvalue weighted by molar-refractivity contribution is 5.93. The first kappa shape index (κ1) is 31.5. The van der Waals surface area contributed by atoms with E-state index in [1.54, 1.807) is 22.9 Å². The fourth-order valence-electron chi connectivity index (χ4n) is 4.41. The van der Waals surface area contributed by atoms with Crippen molar-refractivity contribution < 1.29 is 9.53 Å². The minimum absolute atomic E-state index is 0. The molecule has 1 aromatic carbocycles. The lowest BCUT2D eigenvalue weighted by Crippen LogP contribution is -2.47. The maximum absolute atomic E-state index is 12.7. The van der Waals surface area contributed by atoms with Gasteiger partial charge in [-0.05, 0) is 50.1 Å². The topological polar surface area (TPSA) is 72.6 Å². The molecule has 1 saturated heterocycles. The Labute approximate surface area is 230 Å². The second-order valence-corrected chi connectivity index (χ2v) is 8.44. The molecule has 11 heteroatoms. The number of nitrogens with zero attached hydrogens (tertiary/aromatic N) is 5. The number of para-hydroxylation sites is 1. The first-order valence-electron chi connectivity index (χ1n) is 11.3. The molecule has 36 heavy (non-hydrogen) atoms. The number of hydrogen-bond acceptors (Lipinski definition) is 6. The van der Waals surface area contributed by atoms with Crippen LogP contribution in [0.25, 0.3) is 5.69 Å². The number of carbonyl (C=O) groups is 1. The maximum atomic E-state index is 12.7. The molecule has 0 spiro atoms. The lowest BCUT2D eigenvalue weighted by molar-refractivity contribution is 0.0600. The molecule has 0 aliphatic carbocycles. The number of carbonyl (C=O) groups excluding carboxylic acids is 1. The van der Waals surface area contributed by atoms with Gasteiger partial charge in [-0.25, -0.2) is 14.5 Å². The van der Waals surface area contributed by atoms with E-state index >= 15 is 0 Å². The van der Waals surface area contributed by atoms with Crippen molar-refractivity contribution in [3.05, 3.63) is 75.8 Å². The van der Waals surface area contributed by atoms with Gasteiger partial charge in [0.05, 0.1) is 18.4 Å². The molecule has 1 fully saturated rings. The summed E-state index contributed by atoms with van der Waals surface area (Å²) in [5, 5.41) is 0. The van der Waals surface area contributed by atoms with Crippen LogP contribution in [-0.2, 0) is 11.3 Å². The zero-order valence-corrected chi connectivity index (χ0v) is 23.2. The molecule has 4 rings (SSSR count). The van der Waals surface area contributed by atoms with E-state index in [1.807, 2.05) is 36.0 Å². The average molecular weight is 559 g/mol. The zero-order valence-electron chi connectivity index (χ0n) is 20.8. The zero-order chi connectivity index (χ0) is 23.4. The third-order valence-corrected chi connectivity index (χ3v) is 6.14. The Hall–Kier alpha value is -2.52. The predicted molar refractivity (Wildman–Crippen MR) is 150 cm³/mol. The van der Waals surface area contributed by atoms with Crippen molar-refractivity contribution in [2.75, 3.05) is 44.7 Å². The third kappa shape index (κ3) is 7.03. The highest BCUT2D eigenvalue weighted by Crippen LogP contribution is 2.18. The van der Waals surface area contributed by atoms with Gasteiger partial charge in [-0.15, -0.1) is 37.2 Å². The van der Waals surface area contributed by atoms with Crippen molar-refractivity contribution in [1.82, 2.24) is 19.2 Å². The quantitative estimate of drug-likeness (QED) is 0.410. The van der Waals surface area contributed by atoms with E-state index in [0.717, 1.165) is 50.7 Å². The minimum atomic E-state index is -0.418. The van der Waals surface area contributed by atoms with E-state index in [-0.39, 0.29) is 42.8 Å². The Morgan fingerprint density at radius 2 is 1.67 bits per heavy atom. The number of ether oxygens (including phenoxy) is 1. The third-order valence-electron chi connectivity index (χ3n) is 6.14. The Morgan fingerprint density at radius 1 is 0.972 bits per heavy atom. The number of hydrogen-bond donors (Lipinski definition) is 0. The Kier molecular flexibility index (Phi) is 12.5. The maximum Gasteiger partial charge on any atom is 0.340 e. The van der Waals surface area contributed by atoms with E-state index in [4.69, 9.17) is 4.74 Å².